The van der Waals surface area contributed by atoms with Gasteiger partial charge in [-0.1, -0.05) is 0 Å². The Kier molecular flexibility index (Phi) is 4.19. The molecule has 2 fully saturated rings. The van der Waals surface area contributed by atoms with Crippen LogP contribution >= 0.6 is 0 Å². The van der Waals surface area contributed by atoms with E-state index in [1.807, 2.05) is 4.90 Å². The molecule has 2 saturated heterocycles. The van der Waals surface area contributed by atoms with E-state index in [4.69, 9.17) is 4.42 Å². The van der Waals surface area contributed by atoms with E-state index >= 15 is 0 Å². The van der Waals surface area contributed by atoms with Gasteiger partial charge in [-0.05, 0) is 50.5 Å². The minimum absolute atomic E-state index is 0.137. The van der Waals surface area contributed by atoms with Crippen LogP contribution in [-0.4, -0.2) is 67.3 Å². The van der Waals surface area contributed by atoms with Gasteiger partial charge in [-0.2, -0.15) is 0 Å². The molecule has 0 saturated carbocycles. The molecular formula is C17H25N3O3. The van der Waals surface area contributed by atoms with E-state index in [1.54, 1.807) is 26.2 Å². The number of likely N-dealkylation sites (tertiary alicyclic amines) is 2. The predicted molar refractivity (Wildman–Crippen MR) is 85.9 cm³/mol. The van der Waals surface area contributed by atoms with Crippen molar-refractivity contribution in [1.29, 1.82) is 0 Å². The lowest BCUT2D eigenvalue weighted by atomic mass is 9.78. The minimum Gasteiger partial charge on any atom is -0.454 e. The summed E-state index contributed by atoms with van der Waals surface area (Å²) in [4.78, 5) is 29.9. The molecule has 23 heavy (non-hydrogen) atoms. The molecule has 0 N–H and O–H groups in total. The van der Waals surface area contributed by atoms with Gasteiger partial charge in [0.05, 0.1) is 6.54 Å². The van der Waals surface area contributed by atoms with Gasteiger partial charge in [-0.25, -0.2) is 0 Å². The molecule has 6 nitrogen and oxygen atoms in total. The quantitative estimate of drug-likeness (QED) is 0.846. The lowest BCUT2D eigenvalue weighted by molar-refractivity contribution is -0.128. The van der Waals surface area contributed by atoms with Crippen molar-refractivity contribution in [1.82, 2.24) is 14.7 Å². The second-order valence-electron chi connectivity index (χ2n) is 7.20. The molecule has 2 amide bonds. The van der Waals surface area contributed by atoms with Crippen molar-refractivity contribution in [3.8, 4) is 0 Å². The Morgan fingerprint density at radius 2 is 2.00 bits per heavy atom. The number of carbonyl (C=O) groups is 2. The van der Waals surface area contributed by atoms with E-state index in [2.05, 4.69) is 11.9 Å². The van der Waals surface area contributed by atoms with Crippen LogP contribution in [0.4, 0.5) is 0 Å². The molecule has 0 aromatic carbocycles. The Morgan fingerprint density at radius 3 is 2.65 bits per heavy atom. The zero-order valence-corrected chi connectivity index (χ0v) is 14.2. The number of hydrogen-bond donors (Lipinski definition) is 0. The normalized spacial score (nSPS) is 21.2. The lowest BCUT2D eigenvalue weighted by Crippen LogP contribution is -2.39. The summed E-state index contributed by atoms with van der Waals surface area (Å²) >= 11 is 0. The summed E-state index contributed by atoms with van der Waals surface area (Å²) in [6.45, 7) is 3.38. The number of nitrogens with zero attached hydrogens (tertiary/aromatic N) is 3. The monoisotopic (exact) mass is 319 g/mol. The maximum Gasteiger partial charge on any atom is 0.289 e. The predicted octanol–water partition coefficient (Wildman–Crippen LogP) is 1.43. The Bertz CT molecular complexity index is 600. The maximum absolute atomic E-state index is 12.4. The van der Waals surface area contributed by atoms with Crippen molar-refractivity contribution in [3.05, 3.63) is 23.7 Å². The zero-order valence-electron chi connectivity index (χ0n) is 14.2. The summed E-state index contributed by atoms with van der Waals surface area (Å²) in [5.41, 5.74) is 0.137. The van der Waals surface area contributed by atoms with E-state index in [1.165, 1.54) is 4.90 Å². The Labute approximate surface area is 137 Å². The van der Waals surface area contributed by atoms with Crippen molar-refractivity contribution in [2.75, 3.05) is 40.8 Å². The maximum atomic E-state index is 12.4. The smallest absolute Gasteiger partial charge is 0.289 e. The van der Waals surface area contributed by atoms with Crippen molar-refractivity contribution in [2.24, 2.45) is 5.41 Å². The molecule has 0 radical (unpaired) electrons. The third-order valence-corrected chi connectivity index (χ3v) is 5.08. The van der Waals surface area contributed by atoms with Crippen molar-refractivity contribution < 1.29 is 14.0 Å². The number of hydrogen-bond acceptors (Lipinski definition) is 4. The van der Waals surface area contributed by atoms with E-state index in [0.29, 0.717) is 24.5 Å². The average Bonchev–Trinajstić information content (AvgIpc) is 3.08. The second-order valence-corrected chi connectivity index (χ2v) is 7.20. The van der Waals surface area contributed by atoms with Crippen LogP contribution in [0.3, 0.4) is 0 Å². The lowest BCUT2D eigenvalue weighted by Gasteiger charge is -2.37. The highest BCUT2D eigenvalue weighted by Gasteiger charge is 2.44. The fraction of sp³-hybridized carbons (Fsp3) is 0.647. The first-order chi connectivity index (χ1) is 10.9. The molecule has 1 aromatic heterocycles. The Morgan fingerprint density at radius 1 is 1.30 bits per heavy atom. The van der Waals surface area contributed by atoms with Crippen LogP contribution in [0.2, 0.25) is 0 Å². The largest absolute Gasteiger partial charge is 0.454 e. The first-order valence-corrected chi connectivity index (χ1v) is 8.15. The molecule has 0 aliphatic carbocycles. The van der Waals surface area contributed by atoms with Gasteiger partial charge in [-0.15, -0.1) is 0 Å². The van der Waals surface area contributed by atoms with Gasteiger partial charge >= 0.3 is 0 Å². The Hall–Kier alpha value is -1.82. The number of furan rings is 1. The third-order valence-electron chi connectivity index (χ3n) is 5.08. The molecule has 2 aliphatic heterocycles. The number of amides is 2. The average molecular weight is 319 g/mol. The van der Waals surface area contributed by atoms with Gasteiger partial charge in [0.1, 0.15) is 5.76 Å². The van der Waals surface area contributed by atoms with Crippen LogP contribution in [0.15, 0.2) is 16.5 Å². The molecule has 0 atom stereocenters. The van der Waals surface area contributed by atoms with Crippen LogP contribution in [-0.2, 0) is 11.3 Å². The van der Waals surface area contributed by atoms with Crippen molar-refractivity contribution in [3.63, 3.8) is 0 Å². The molecule has 126 valence electrons. The number of rotatable bonds is 3. The summed E-state index contributed by atoms with van der Waals surface area (Å²) in [7, 11) is 5.52. The number of piperidine rings is 1. The molecule has 6 heteroatoms. The zero-order chi connectivity index (χ0) is 16.6. The van der Waals surface area contributed by atoms with Gasteiger partial charge in [0.25, 0.3) is 5.91 Å². The SMILES string of the molecule is CN1CCC2(CC1)CC(=O)N(Cc1ccc(C(=O)N(C)C)o1)C2. The summed E-state index contributed by atoms with van der Waals surface area (Å²) in [5.74, 6) is 1.04. The minimum atomic E-state index is -0.157. The van der Waals surface area contributed by atoms with E-state index in [-0.39, 0.29) is 17.2 Å². The first-order valence-electron chi connectivity index (χ1n) is 8.15. The summed E-state index contributed by atoms with van der Waals surface area (Å²) in [6.07, 6.45) is 2.80. The highest BCUT2D eigenvalue weighted by atomic mass is 16.4. The van der Waals surface area contributed by atoms with Gasteiger partial charge in [-0.3, -0.25) is 9.59 Å². The third kappa shape index (κ3) is 3.27. The summed E-state index contributed by atoms with van der Waals surface area (Å²) < 4.78 is 5.62. The summed E-state index contributed by atoms with van der Waals surface area (Å²) in [6, 6.07) is 3.48. The molecule has 0 bridgehead atoms. The van der Waals surface area contributed by atoms with Gasteiger partial charge in [0.2, 0.25) is 5.91 Å². The molecule has 1 aromatic rings. The second kappa shape index (κ2) is 6.00. The van der Waals surface area contributed by atoms with Crippen LogP contribution in [0, 0.1) is 5.41 Å². The topological polar surface area (TPSA) is 57.0 Å². The summed E-state index contributed by atoms with van der Waals surface area (Å²) in [5, 5.41) is 0. The highest BCUT2D eigenvalue weighted by molar-refractivity contribution is 5.91. The Balaban J connectivity index is 1.65. The molecular weight excluding hydrogens is 294 g/mol. The van der Waals surface area contributed by atoms with E-state index < -0.39 is 0 Å². The van der Waals surface area contributed by atoms with Crippen molar-refractivity contribution >= 4 is 11.8 Å². The molecule has 0 unspecified atom stereocenters. The highest BCUT2D eigenvalue weighted by Crippen LogP contribution is 2.41. The molecule has 1 spiro atoms. The van der Waals surface area contributed by atoms with Crippen LogP contribution in [0.5, 0.6) is 0 Å². The van der Waals surface area contributed by atoms with Gasteiger partial charge in [0, 0.05) is 27.1 Å². The fourth-order valence-electron chi connectivity index (χ4n) is 3.54. The van der Waals surface area contributed by atoms with Gasteiger partial charge < -0.3 is 19.1 Å². The van der Waals surface area contributed by atoms with E-state index in [9.17, 15) is 9.59 Å². The molecule has 2 aliphatic rings. The van der Waals surface area contributed by atoms with Crippen molar-refractivity contribution in [2.45, 2.75) is 25.8 Å². The van der Waals surface area contributed by atoms with Crippen LogP contribution in [0.1, 0.15) is 35.6 Å². The van der Waals surface area contributed by atoms with Crippen LogP contribution in [0.25, 0.3) is 0 Å². The first kappa shape index (κ1) is 16.1. The van der Waals surface area contributed by atoms with E-state index in [0.717, 1.165) is 32.5 Å². The number of carbonyl (C=O) groups excluding carboxylic acids is 2. The van der Waals surface area contributed by atoms with Crippen LogP contribution < -0.4 is 0 Å². The molecule has 3 rings (SSSR count). The van der Waals surface area contributed by atoms with Gasteiger partial charge in [0.15, 0.2) is 5.76 Å². The standard InChI is InChI=1S/C17H25N3O3/c1-18(2)16(22)14-5-4-13(23-14)11-20-12-17(10-15(20)21)6-8-19(3)9-7-17/h4-5H,6-12H2,1-3H3. The molecule has 3 heterocycles. The fourth-order valence-corrected chi connectivity index (χ4v) is 3.54.